The number of ether oxygens (including phenoxy) is 1. The fourth-order valence-electron chi connectivity index (χ4n) is 4.29. The predicted octanol–water partition coefficient (Wildman–Crippen LogP) is 7.27. The average molecular weight is 635 g/mol. The predicted molar refractivity (Wildman–Crippen MR) is 182 cm³/mol. The zero-order valence-corrected chi connectivity index (χ0v) is 26.2. The highest BCUT2D eigenvalue weighted by Crippen LogP contribution is 2.30. The molecular weight excluding hydrogens is 605 g/mol. The van der Waals surface area contributed by atoms with Gasteiger partial charge in [-0.05, 0) is 67.1 Å². The first kappa shape index (κ1) is 31.2. The topological polar surface area (TPSA) is 109 Å². The number of carbonyl (C=O) groups is 3. The zero-order chi connectivity index (χ0) is 31.6. The van der Waals surface area contributed by atoms with Crippen LogP contribution in [0.1, 0.15) is 20.8 Å². The van der Waals surface area contributed by atoms with Gasteiger partial charge in [-0.25, -0.2) is 4.98 Å². The minimum atomic E-state index is -0.490. The summed E-state index contributed by atoms with van der Waals surface area (Å²) in [6, 6.07) is 32.8. The van der Waals surface area contributed by atoms with Gasteiger partial charge in [-0.1, -0.05) is 60.7 Å². The second-order valence-corrected chi connectivity index (χ2v) is 12.0. The number of thioether (sulfide) groups is 1. The number of rotatable bonds is 11. The smallest absolute Gasteiger partial charge is 0.272 e. The summed E-state index contributed by atoms with van der Waals surface area (Å²) in [5, 5.41) is 9.03. The number of methoxy groups -OCH3 is 1. The van der Waals surface area contributed by atoms with Crippen LogP contribution in [0.2, 0.25) is 0 Å². The second-order valence-electron chi connectivity index (χ2n) is 9.76. The SMILES string of the molecule is COc1cccc(/C=C(\NC(=O)c2ccccc2)C(=O)Nc2ccc(SCC(=O)Nc3nc(-c4ccccc4)c(C)s3)cc2)c1. The maximum Gasteiger partial charge on any atom is 0.272 e. The van der Waals surface area contributed by atoms with E-state index in [4.69, 9.17) is 4.74 Å². The molecule has 0 bridgehead atoms. The molecule has 1 aromatic heterocycles. The Morgan fingerprint density at radius 1 is 0.867 bits per heavy atom. The van der Waals surface area contributed by atoms with E-state index >= 15 is 0 Å². The summed E-state index contributed by atoms with van der Waals surface area (Å²) in [7, 11) is 1.56. The van der Waals surface area contributed by atoms with Gasteiger partial charge in [0.05, 0.1) is 18.6 Å². The summed E-state index contributed by atoms with van der Waals surface area (Å²) >= 11 is 2.82. The first-order chi connectivity index (χ1) is 21.9. The van der Waals surface area contributed by atoms with Crippen molar-refractivity contribution in [3.8, 4) is 17.0 Å². The van der Waals surface area contributed by atoms with Crippen molar-refractivity contribution in [3.05, 3.63) is 131 Å². The van der Waals surface area contributed by atoms with E-state index < -0.39 is 11.8 Å². The molecule has 10 heteroatoms. The van der Waals surface area contributed by atoms with Crippen molar-refractivity contribution in [1.29, 1.82) is 0 Å². The Morgan fingerprint density at radius 2 is 1.58 bits per heavy atom. The van der Waals surface area contributed by atoms with Crippen molar-refractivity contribution < 1.29 is 19.1 Å². The lowest BCUT2D eigenvalue weighted by Gasteiger charge is -2.12. The van der Waals surface area contributed by atoms with Crippen LogP contribution in [0.3, 0.4) is 0 Å². The van der Waals surface area contributed by atoms with E-state index in [1.165, 1.54) is 23.1 Å². The van der Waals surface area contributed by atoms with Gasteiger partial charge in [-0.3, -0.25) is 14.4 Å². The Morgan fingerprint density at radius 3 is 2.29 bits per heavy atom. The van der Waals surface area contributed by atoms with Gasteiger partial charge in [0.2, 0.25) is 5.91 Å². The van der Waals surface area contributed by atoms with Gasteiger partial charge in [-0.15, -0.1) is 23.1 Å². The average Bonchev–Trinajstić information content (AvgIpc) is 3.44. The number of anilines is 2. The van der Waals surface area contributed by atoms with Crippen molar-refractivity contribution in [2.24, 2.45) is 0 Å². The molecular formula is C35H30N4O4S2. The Hall–Kier alpha value is -5.19. The lowest BCUT2D eigenvalue weighted by Crippen LogP contribution is -2.30. The van der Waals surface area contributed by atoms with E-state index in [0.29, 0.717) is 27.7 Å². The number of amides is 3. The highest BCUT2D eigenvalue weighted by Gasteiger charge is 2.16. The molecule has 3 N–H and O–H groups in total. The van der Waals surface area contributed by atoms with Gasteiger partial charge >= 0.3 is 0 Å². The number of carbonyl (C=O) groups excluding carboxylic acids is 3. The Labute approximate surface area is 269 Å². The largest absolute Gasteiger partial charge is 0.497 e. The van der Waals surface area contributed by atoms with Crippen LogP contribution >= 0.6 is 23.1 Å². The van der Waals surface area contributed by atoms with E-state index in [1.807, 2.05) is 61.5 Å². The van der Waals surface area contributed by atoms with Crippen molar-refractivity contribution in [2.45, 2.75) is 11.8 Å². The highest BCUT2D eigenvalue weighted by atomic mass is 32.2. The van der Waals surface area contributed by atoms with Crippen molar-refractivity contribution in [2.75, 3.05) is 23.5 Å². The molecule has 5 aromatic rings. The third-order valence-electron chi connectivity index (χ3n) is 6.51. The van der Waals surface area contributed by atoms with Gasteiger partial charge in [0.1, 0.15) is 11.4 Å². The molecule has 4 aromatic carbocycles. The zero-order valence-electron chi connectivity index (χ0n) is 24.6. The second kappa shape index (κ2) is 15.0. The molecule has 0 aliphatic carbocycles. The van der Waals surface area contributed by atoms with Crippen LogP contribution in [-0.4, -0.2) is 35.6 Å². The molecule has 45 heavy (non-hydrogen) atoms. The van der Waals surface area contributed by atoms with E-state index in [2.05, 4.69) is 20.9 Å². The number of aryl methyl sites for hydroxylation is 1. The number of nitrogens with zero attached hydrogens (tertiary/aromatic N) is 1. The van der Waals surface area contributed by atoms with Gasteiger partial charge in [-0.2, -0.15) is 0 Å². The standard InChI is InChI=1S/C35H30N4O4S2/c1-23-32(25-11-5-3-6-12-25)39-35(45-23)38-31(40)22-44-29-18-16-27(17-19-29)36-34(42)30(21-24-10-9-15-28(20-24)43-2)37-33(41)26-13-7-4-8-14-26/h3-21H,22H2,1-2H3,(H,36,42)(H,37,41)(H,38,39,40)/b30-21-. The fourth-order valence-corrected chi connectivity index (χ4v) is 5.84. The lowest BCUT2D eigenvalue weighted by molar-refractivity contribution is -0.114. The minimum absolute atomic E-state index is 0.0695. The molecule has 0 aliphatic rings. The Kier molecular flexibility index (Phi) is 10.4. The normalized spacial score (nSPS) is 11.0. The van der Waals surface area contributed by atoms with Gasteiger partial charge in [0.15, 0.2) is 5.13 Å². The maximum absolute atomic E-state index is 13.3. The number of hydrogen-bond acceptors (Lipinski definition) is 7. The van der Waals surface area contributed by atoms with Crippen LogP contribution in [0.4, 0.5) is 10.8 Å². The molecule has 0 saturated heterocycles. The minimum Gasteiger partial charge on any atom is -0.497 e. The van der Waals surface area contributed by atoms with Gasteiger partial charge in [0.25, 0.3) is 11.8 Å². The van der Waals surface area contributed by atoms with Crippen LogP contribution in [0, 0.1) is 6.92 Å². The molecule has 1 heterocycles. The van der Waals surface area contributed by atoms with Crippen LogP contribution < -0.4 is 20.7 Å². The van der Waals surface area contributed by atoms with Crippen LogP contribution in [0.5, 0.6) is 5.75 Å². The molecule has 0 saturated carbocycles. The molecule has 8 nitrogen and oxygen atoms in total. The molecule has 226 valence electrons. The van der Waals surface area contributed by atoms with E-state index in [-0.39, 0.29) is 17.4 Å². The quantitative estimate of drug-likeness (QED) is 0.104. The Balaban J connectivity index is 1.21. The third-order valence-corrected chi connectivity index (χ3v) is 8.40. The summed E-state index contributed by atoms with van der Waals surface area (Å²) in [5.41, 5.74) is 3.58. The fraction of sp³-hybridized carbons (Fsp3) is 0.0857. The number of nitrogens with one attached hydrogen (secondary N) is 3. The van der Waals surface area contributed by atoms with Crippen LogP contribution in [-0.2, 0) is 9.59 Å². The molecule has 0 unspecified atom stereocenters. The monoisotopic (exact) mass is 634 g/mol. The molecule has 0 fully saturated rings. The first-order valence-electron chi connectivity index (χ1n) is 14.0. The summed E-state index contributed by atoms with van der Waals surface area (Å²) in [6.45, 7) is 1.99. The molecule has 5 rings (SSSR count). The molecule has 0 spiro atoms. The van der Waals surface area contributed by atoms with E-state index in [0.717, 1.165) is 21.0 Å². The first-order valence-corrected chi connectivity index (χ1v) is 15.8. The van der Waals surface area contributed by atoms with E-state index in [1.54, 1.807) is 67.8 Å². The van der Waals surface area contributed by atoms with Crippen molar-refractivity contribution in [1.82, 2.24) is 10.3 Å². The number of aromatic nitrogens is 1. The van der Waals surface area contributed by atoms with Gasteiger partial charge in [0, 0.05) is 26.6 Å². The van der Waals surface area contributed by atoms with Crippen molar-refractivity contribution in [3.63, 3.8) is 0 Å². The van der Waals surface area contributed by atoms with Crippen LogP contribution in [0.15, 0.2) is 120 Å². The summed E-state index contributed by atoms with van der Waals surface area (Å²) in [5.74, 6) is -0.237. The highest BCUT2D eigenvalue weighted by molar-refractivity contribution is 8.00. The van der Waals surface area contributed by atoms with Crippen LogP contribution in [0.25, 0.3) is 17.3 Å². The Bertz CT molecular complexity index is 1820. The number of benzene rings is 4. The molecule has 0 radical (unpaired) electrons. The molecule has 3 amide bonds. The summed E-state index contributed by atoms with van der Waals surface area (Å²) in [6.07, 6.45) is 1.59. The maximum atomic E-state index is 13.3. The molecule has 0 aliphatic heterocycles. The summed E-state index contributed by atoms with van der Waals surface area (Å²) < 4.78 is 5.29. The number of hydrogen-bond donors (Lipinski definition) is 3. The third kappa shape index (κ3) is 8.69. The van der Waals surface area contributed by atoms with Crippen molar-refractivity contribution >= 4 is 57.7 Å². The van der Waals surface area contributed by atoms with Gasteiger partial charge < -0.3 is 20.7 Å². The number of thiazole rings is 1. The molecule has 0 atom stereocenters. The summed E-state index contributed by atoms with van der Waals surface area (Å²) in [4.78, 5) is 45.4. The van der Waals surface area contributed by atoms with E-state index in [9.17, 15) is 14.4 Å². The lowest BCUT2D eigenvalue weighted by atomic mass is 10.1.